The minimum absolute atomic E-state index is 0.0383. The van der Waals surface area contributed by atoms with Crippen LogP contribution in [-0.4, -0.2) is 27.8 Å². The van der Waals surface area contributed by atoms with Gasteiger partial charge in [0, 0.05) is 5.69 Å². The van der Waals surface area contributed by atoms with Crippen LogP contribution in [0.25, 0.3) is 5.69 Å². The first-order valence-electron chi connectivity index (χ1n) is 9.32. The number of esters is 1. The molecule has 0 saturated carbocycles. The van der Waals surface area contributed by atoms with Gasteiger partial charge in [-0.05, 0) is 36.4 Å². The molecule has 4 rings (SSSR count). The van der Waals surface area contributed by atoms with Gasteiger partial charge in [0.15, 0.2) is 22.5 Å². The van der Waals surface area contributed by atoms with Crippen molar-refractivity contribution in [2.24, 2.45) is 0 Å². The van der Waals surface area contributed by atoms with Crippen molar-refractivity contribution in [3.05, 3.63) is 89.9 Å². The summed E-state index contributed by atoms with van der Waals surface area (Å²) in [5.41, 5.74) is 0.844. The first-order chi connectivity index (χ1) is 15.2. The van der Waals surface area contributed by atoms with Crippen LogP contribution in [0.5, 0.6) is 5.75 Å². The number of rotatable bonds is 8. The SMILES string of the molecule is COC(=O)c1ccc(CSc2nnc(COc3ccccc3F)n2-c2ccccc2)o1. The van der Waals surface area contributed by atoms with E-state index in [4.69, 9.17) is 9.15 Å². The molecule has 0 bridgehead atoms. The summed E-state index contributed by atoms with van der Waals surface area (Å²) in [5.74, 6) is 0.852. The van der Waals surface area contributed by atoms with Crippen LogP contribution in [0, 0.1) is 5.82 Å². The predicted octanol–water partition coefficient (Wildman–Crippen LogP) is 4.66. The maximum atomic E-state index is 13.9. The number of carbonyl (C=O) groups is 1. The number of hydrogen-bond acceptors (Lipinski definition) is 7. The van der Waals surface area contributed by atoms with E-state index in [-0.39, 0.29) is 18.1 Å². The van der Waals surface area contributed by atoms with Crippen LogP contribution < -0.4 is 4.74 Å². The largest absolute Gasteiger partial charge is 0.483 e. The maximum absolute atomic E-state index is 13.9. The molecule has 7 nitrogen and oxygen atoms in total. The number of hydrogen-bond donors (Lipinski definition) is 0. The van der Waals surface area contributed by atoms with Crippen LogP contribution in [-0.2, 0) is 17.1 Å². The highest BCUT2D eigenvalue weighted by atomic mass is 32.2. The smallest absolute Gasteiger partial charge is 0.373 e. The second-order valence-corrected chi connectivity index (χ2v) is 7.28. The molecule has 0 fully saturated rings. The van der Waals surface area contributed by atoms with Crippen molar-refractivity contribution in [3.63, 3.8) is 0 Å². The summed E-state index contributed by atoms with van der Waals surface area (Å²) < 4.78 is 31.5. The van der Waals surface area contributed by atoms with Crippen LogP contribution in [0.3, 0.4) is 0 Å². The van der Waals surface area contributed by atoms with E-state index < -0.39 is 11.8 Å². The van der Waals surface area contributed by atoms with Crippen molar-refractivity contribution in [1.29, 1.82) is 0 Å². The van der Waals surface area contributed by atoms with E-state index in [0.29, 0.717) is 22.5 Å². The molecule has 0 aliphatic heterocycles. The molecule has 2 aromatic heterocycles. The van der Waals surface area contributed by atoms with E-state index in [0.717, 1.165) is 5.69 Å². The fourth-order valence-electron chi connectivity index (χ4n) is 2.83. The zero-order valence-electron chi connectivity index (χ0n) is 16.5. The van der Waals surface area contributed by atoms with Gasteiger partial charge >= 0.3 is 5.97 Å². The summed E-state index contributed by atoms with van der Waals surface area (Å²) in [7, 11) is 1.30. The van der Waals surface area contributed by atoms with Gasteiger partial charge in [-0.2, -0.15) is 0 Å². The summed E-state index contributed by atoms with van der Waals surface area (Å²) in [4.78, 5) is 11.6. The minimum Gasteiger partial charge on any atom is -0.483 e. The van der Waals surface area contributed by atoms with Crippen LogP contribution in [0.2, 0.25) is 0 Å². The summed E-state index contributed by atoms with van der Waals surface area (Å²) >= 11 is 1.39. The Morgan fingerprint density at radius 3 is 2.61 bits per heavy atom. The lowest BCUT2D eigenvalue weighted by atomic mass is 10.3. The normalized spacial score (nSPS) is 10.8. The maximum Gasteiger partial charge on any atom is 0.373 e. The van der Waals surface area contributed by atoms with E-state index in [1.807, 2.05) is 34.9 Å². The summed E-state index contributed by atoms with van der Waals surface area (Å²) in [6, 6.07) is 19.0. The van der Waals surface area contributed by atoms with Crippen LogP contribution in [0.15, 0.2) is 76.3 Å². The van der Waals surface area contributed by atoms with Gasteiger partial charge < -0.3 is 13.9 Å². The van der Waals surface area contributed by atoms with Gasteiger partial charge in [-0.15, -0.1) is 10.2 Å². The van der Waals surface area contributed by atoms with Crippen molar-refractivity contribution in [3.8, 4) is 11.4 Å². The number of methoxy groups -OCH3 is 1. The van der Waals surface area contributed by atoms with Crippen LogP contribution in [0.1, 0.15) is 22.1 Å². The molecule has 4 aromatic rings. The van der Waals surface area contributed by atoms with Crippen molar-refractivity contribution in [2.45, 2.75) is 17.5 Å². The van der Waals surface area contributed by atoms with Crippen molar-refractivity contribution in [1.82, 2.24) is 14.8 Å². The van der Waals surface area contributed by atoms with Gasteiger partial charge in [-0.1, -0.05) is 42.1 Å². The molecule has 0 aliphatic carbocycles. The Kier molecular flexibility index (Phi) is 6.32. The van der Waals surface area contributed by atoms with Crippen molar-refractivity contribution in [2.75, 3.05) is 7.11 Å². The molecule has 9 heteroatoms. The first kappa shape index (κ1) is 20.7. The van der Waals surface area contributed by atoms with Gasteiger partial charge in [0.25, 0.3) is 0 Å². The molecule has 2 heterocycles. The molecule has 0 amide bonds. The molecule has 0 N–H and O–H groups in total. The third-order valence-electron chi connectivity index (χ3n) is 4.30. The van der Waals surface area contributed by atoms with Crippen molar-refractivity contribution < 1.29 is 23.1 Å². The number of para-hydroxylation sites is 2. The Labute approximate surface area is 181 Å². The molecule has 158 valence electrons. The molecule has 0 saturated heterocycles. The van der Waals surface area contributed by atoms with Gasteiger partial charge in [0.2, 0.25) is 5.76 Å². The lowest BCUT2D eigenvalue weighted by Crippen LogP contribution is -2.07. The molecule has 31 heavy (non-hydrogen) atoms. The molecular formula is C22H18FN3O4S. The highest BCUT2D eigenvalue weighted by Crippen LogP contribution is 2.27. The Morgan fingerprint density at radius 1 is 1.06 bits per heavy atom. The van der Waals surface area contributed by atoms with Gasteiger partial charge in [-0.25, -0.2) is 9.18 Å². The van der Waals surface area contributed by atoms with E-state index in [2.05, 4.69) is 14.9 Å². The first-order valence-corrected chi connectivity index (χ1v) is 10.3. The molecule has 0 spiro atoms. The third kappa shape index (κ3) is 4.77. The monoisotopic (exact) mass is 439 g/mol. The third-order valence-corrected chi connectivity index (χ3v) is 5.25. The molecule has 0 aliphatic rings. The number of thioether (sulfide) groups is 1. The Bertz CT molecular complexity index is 1180. The fraction of sp³-hybridized carbons (Fsp3) is 0.136. The second-order valence-electron chi connectivity index (χ2n) is 6.34. The van der Waals surface area contributed by atoms with Gasteiger partial charge in [0.1, 0.15) is 12.4 Å². The Balaban J connectivity index is 1.55. The van der Waals surface area contributed by atoms with Crippen LogP contribution >= 0.6 is 11.8 Å². The number of aromatic nitrogens is 3. The molecule has 0 atom stereocenters. The van der Waals surface area contributed by atoms with Gasteiger partial charge in [0.05, 0.1) is 12.9 Å². The fourth-order valence-corrected chi connectivity index (χ4v) is 3.69. The molecule has 0 radical (unpaired) electrons. The lowest BCUT2D eigenvalue weighted by molar-refractivity contribution is 0.0563. The molecular weight excluding hydrogens is 421 g/mol. The number of carbonyl (C=O) groups excluding carboxylic acids is 1. The molecule has 2 aromatic carbocycles. The summed E-state index contributed by atoms with van der Waals surface area (Å²) in [6.45, 7) is 0.0383. The number of halogens is 1. The number of nitrogens with zero attached hydrogens (tertiary/aromatic N) is 3. The Morgan fingerprint density at radius 2 is 1.84 bits per heavy atom. The Hall–Kier alpha value is -3.59. The average molecular weight is 439 g/mol. The zero-order chi connectivity index (χ0) is 21.6. The lowest BCUT2D eigenvalue weighted by Gasteiger charge is -2.11. The van der Waals surface area contributed by atoms with Crippen LogP contribution in [0.4, 0.5) is 4.39 Å². The average Bonchev–Trinajstić information content (AvgIpc) is 3.44. The summed E-state index contributed by atoms with van der Waals surface area (Å²) in [6.07, 6.45) is 0. The quantitative estimate of drug-likeness (QED) is 0.292. The number of benzene rings is 2. The second kappa shape index (κ2) is 9.48. The summed E-state index contributed by atoms with van der Waals surface area (Å²) in [5, 5.41) is 9.11. The highest BCUT2D eigenvalue weighted by molar-refractivity contribution is 7.98. The zero-order valence-corrected chi connectivity index (χ0v) is 17.3. The standard InChI is InChI=1S/C22H18FN3O4S/c1-28-21(27)19-12-11-16(30-19)14-31-22-25-24-20(26(22)15-7-3-2-4-8-15)13-29-18-10-6-5-9-17(18)23/h2-12H,13-14H2,1H3. The topological polar surface area (TPSA) is 79.4 Å². The van der Waals surface area contributed by atoms with Gasteiger partial charge in [-0.3, -0.25) is 4.57 Å². The van der Waals surface area contributed by atoms with E-state index in [9.17, 15) is 9.18 Å². The van der Waals surface area contributed by atoms with Crippen molar-refractivity contribution >= 4 is 17.7 Å². The predicted molar refractivity (Wildman–Crippen MR) is 112 cm³/mol. The van der Waals surface area contributed by atoms with E-state index in [1.165, 1.54) is 24.9 Å². The minimum atomic E-state index is -0.531. The highest BCUT2D eigenvalue weighted by Gasteiger charge is 2.17. The van der Waals surface area contributed by atoms with E-state index >= 15 is 0 Å². The number of furan rings is 1. The van der Waals surface area contributed by atoms with E-state index in [1.54, 1.807) is 30.3 Å². The molecule has 0 unspecified atom stereocenters. The number of ether oxygens (including phenoxy) is 2.